The highest BCUT2D eigenvalue weighted by molar-refractivity contribution is 5.95. The van der Waals surface area contributed by atoms with E-state index < -0.39 is 29.0 Å². The number of nitrogens with zero attached hydrogens (tertiary/aromatic N) is 1. The van der Waals surface area contributed by atoms with Gasteiger partial charge < -0.3 is 10.6 Å². The molecule has 1 aromatic rings. The van der Waals surface area contributed by atoms with Gasteiger partial charge in [-0.25, -0.2) is 4.39 Å². The van der Waals surface area contributed by atoms with Gasteiger partial charge in [-0.15, -0.1) is 0 Å². The van der Waals surface area contributed by atoms with Crippen LogP contribution in [0.2, 0.25) is 0 Å². The van der Waals surface area contributed by atoms with E-state index in [1.54, 1.807) is 6.92 Å². The highest BCUT2D eigenvalue weighted by Crippen LogP contribution is 2.33. The molecule has 1 heterocycles. The van der Waals surface area contributed by atoms with E-state index in [2.05, 4.69) is 0 Å². The zero-order valence-electron chi connectivity index (χ0n) is 11.5. The molecule has 0 aliphatic carbocycles. The molecule has 0 spiro atoms. The second-order valence-electron chi connectivity index (χ2n) is 5.31. The molecule has 1 aromatic carbocycles. The Labute approximate surface area is 119 Å². The summed E-state index contributed by atoms with van der Waals surface area (Å²) in [5, 5.41) is 0. The van der Waals surface area contributed by atoms with Crippen LogP contribution in [0.1, 0.15) is 29.3 Å². The predicted molar refractivity (Wildman–Crippen MR) is 69.1 cm³/mol. The van der Waals surface area contributed by atoms with Gasteiger partial charge >= 0.3 is 6.18 Å². The van der Waals surface area contributed by atoms with Crippen molar-refractivity contribution >= 4 is 5.91 Å². The lowest BCUT2D eigenvalue weighted by atomic mass is 10.1. The quantitative estimate of drug-likeness (QED) is 0.854. The fourth-order valence-electron chi connectivity index (χ4n) is 2.67. The summed E-state index contributed by atoms with van der Waals surface area (Å²) in [4.78, 5) is 13.7. The Kier molecular flexibility index (Phi) is 4.22. The van der Waals surface area contributed by atoms with Gasteiger partial charge in [0.2, 0.25) is 0 Å². The van der Waals surface area contributed by atoms with Crippen LogP contribution in [0.15, 0.2) is 18.2 Å². The average Bonchev–Trinajstić information content (AvgIpc) is 2.78. The third-order valence-corrected chi connectivity index (χ3v) is 3.79. The SMILES string of the molecule is CC1CC(CN)CN1C(=O)c1cccc(C(F)(F)F)c1F. The first-order chi connectivity index (χ1) is 9.75. The van der Waals surface area contributed by atoms with Crippen molar-refractivity contribution in [2.24, 2.45) is 11.7 Å². The molecule has 1 fully saturated rings. The highest BCUT2D eigenvalue weighted by atomic mass is 19.4. The zero-order valence-corrected chi connectivity index (χ0v) is 11.5. The molecular weight excluding hydrogens is 288 g/mol. The Bertz CT molecular complexity index is 544. The lowest BCUT2D eigenvalue weighted by Gasteiger charge is -2.22. The van der Waals surface area contributed by atoms with Gasteiger partial charge in [0.1, 0.15) is 5.82 Å². The van der Waals surface area contributed by atoms with Crippen LogP contribution in [0.25, 0.3) is 0 Å². The minimum absolute atomic E-state index is 0.0952. The number of nitrogens with two attached hydrogens (primary N) is 1. The molecule has 1 saturated heterocycles. The van der Waals surface area contributed by atoms with Crippen molar-refractivity contribution in [2.75, 3.05) is 13.1 Å². The van der Waals surface area contributed by atoms with Crippen molar-refractivity contribution < 1.29 is 22.4 Å². The lowest BCUT2D eigenvalue weighted by Crippen LogP contribution is -2.35. The molecule has 0 radical (unpaired) electrons. The number of carbonyl (C=O) groups is 1. The van der Waals surface area contributed by atoms with Gasteiger partial charge in [0.25, 0.3) is 5.91 Å². The van der Waals surface area contributed by atoms with Gasteiger partial charge in [-0.2, -0.15) is 13.2 Å². The Morgan fingerprint density at radius 1 is 1.43 bits per heavy atom. The molecule has 0 bridgehead atoms. The van der Waals surface area contributed by atoms with Crippen molar-refractivity contribution in [3.63, 3.8) is 0 Å². The van der Waals surface area contributed by atoms with Crippen LogP contribution in [0.4, 0.5) is 17.6 Å². The van der Waals surface area contributed by atoms with Gasteiger partial charge in [-0.05, 0) is 37.9 Å². The van der Waals surface area contributed by atoms with Crippen molar-refractivity contribution in [2.45, 2.75) is 25.6 Å². The highest BCUT2D eigenvalue weighted by Gasteiger charge is 2.38. The number of hydrogen-bond acceptors (Lipinski definition) is 2. The zero-order chi connectivity index (χ0) is 15.8. The molecule has 116 valence electrons. The molecule has 2 N–H and O–H groups in total. The van der Waals surface area contributed by atoms with E-state index in [0.29, 0.717) is 25.6 Å². The van der Waals surface area contributed by atoms with Crippen molar-refractivity contribution in [3.8, 4) is 0 Å². The number of halogens is 4. The minimum atomic E-state index is -4.82. The number of alkyl halides is 3. The van der Waals surface area contributed by atoms with E-state index in [1.165, 1.54) is 4.90 Å². The molecule has 0 aromatic heterocycles. The summed E-state index contributed by atoms with van der Waals surface area (Å²) in [6, 6.07) is 2.58. The fraction of sp³-hybridized carbons (Fsp3) is 0.500. The molecule has 3 nitrogen and oxygen atoms in total. The number of amides is 1. The molecule has 2 rings (SSSR count). The summed E-state index contributed by atoms with van der Waals surface area (Å²) in [7, 11) is 0. The molecule has 2 atom stereocenters. The number of rotatable bonds is 2. The van der Waals surface area contributed by atoms with Crippen molar-refractivity contribution in [1.82, 2.24) is 4.90 Å². The monoisotopic (exact) mass is 304 g/mol. The maximum Gasteiger partial charge on any atom is 0.419 e. The predicted octanol–water partition coefficient (Wildman–Crippen LogP) is 2.65. The molecular formula is C14H16F4N2O. The Morgan fingerprint density at radius 3 is 2.62 bits per heavy atom. The minimum Gasteiger partial charge on any atom is -0.336 e. The van der Waals surface area contributed by atoms with Gasteiger partial charge in [0, 0.05) is 12.6 Å². The number of carbonyl (C=O) groups excluding carboxylic acids is 1. The van der Waals surface area contributed by atoms with Crippen LogP contribution in [-0.2, 0) is 6.18 Å². The maximum atomic E-state index is 14.0. The summed E-state index contributed by atoms with van der Waals surface area (Å²) < 4.78 is 52.0. The number of likely N-dealkylation sites (tertiary alicyclic amines) is 1. The molecule has 1 aliphatic heterocycles. The van der Waals surface area contributed by atoms with E-state index >= 15 is 0 Å². The van der Waals surface area contributed by atoms with Crippen LogP contribution in [0, 0.1) is 11.7 Å². The van der Waals surface area contributed by atoms with Crippen LogP contribution in [-0.4, -0.2) is 29.9 Å². The molecule has 1 amide bonds. The molecule has 21 heavy (non-hydrogen) atoms. The molecule has 0 saturated carbocycles. The summed E-state index contributed by atoms with van der Waals surface area (Å²) >= 11 is 0. The summed E-state index contributed by atoms with van der Waals surface area (Å²) in [6.07, 6.45) is -4.15. The summed E-state index contributed by atoms with van der Waals surface area (Å²) in [5.74, 6) is -2.14. The third kappa shape index (κ3) is 3.02. The largest absolute Gasteiger partial charge is 0.419 e. The van der Waals surface area contributed by atoms with E-state index in [0.717, 1.165) is 12.1 Å². The van der Waals surface area contributed by atoms with Crippen LogP contribution in [0.3, 0.4) is 0 Å². The second kappa shape index (κ2) is 5.63. The van der Waals surface area contributed by atoms with Crippen LogP contribution in [0.5, 0.6) is 0 Å². The van der Waals surface area contributed by atoms with E-state index in [-0.39, 0.29) is 12.0 Å². The topological polar surface area (TPSA) is 46.3 Å². The first kappa shape index (κ1) is 15.8. The van der Waals surface area contributed by atoms with Crippen LogP contribution < -0.4 is 5.73 Å². The molecule has 1 aliphatic rings. The first-order valence-electron chi connectivity index (χ1n) is 6.62. The fourth-order valence-corrected chi connectivity index (χ4v) is 2.67. The smallest absolute Gasteiger partial charge is 0.336 e. The van der Waals surface area contributed by atoms with Crippen molar-refractivity contribution in [3.05, 3.63) is 35.1 Å². The van der Waals surface area contributed by atoms with E-state index in [1.807, 2.05) is 0 Å². The Hall–Kier alpha value is -1.63. The normalized spacial score (nSPS) is 22.7. The summed E-state index contributed by atoms with van der Waals surface area (Å²) in [5.41, 5.74) is 3.58. The van der Waals surface area contributed by atoms with Crippen LogP contribution >= 0.6 is 0 Å². The molecule has 2 unspecified atom stereocenters. The number of benzene rings is 1. The Balaban J connectivity index is 2.33. The van der Waals surface area contributed by atoms with Gasteiger partial charge in [-0.3, -0.25) is 4.79 Å². The van der Waals surface area contributed by atoms with Crippen molar-refractivity contribution in [1.29, 1.82) is 0 Å². The maximum absolute atomic E-state index is 14.0. The average molecular weight is 304 g/mol. The standard InChI is InChI=1S/C14H16F4N2O/c1-8-5-9(6-19)7-20(8)13(21)10-3-2-4-11(12(10)15)14(16,17)18/h2-4,8-9H,5-7,19H2,1H3. The number of hydrogen-bond donors (Lipinski definition) is 1. The van der Waals surface area contributed by atoms with Gasteiger partial charge in [0.05, 0.1) is 11.1 Å². The van der Waals surface area contributed by atoms with E-state index in [9.17, 15) is 22.4 Å². The van der Waals surface area contributed by atoms with E-state index in [4.69, 9.17) is 5.73 Å². The Morgan fingerprint density at radius 2 is 2.10 bits per heavy atom. The summed E-state index contributed by atoms with van der Waals surface area (Å²) in [6.45, 7) is 2.50. The first-order valence-corrected chi connectivity index (χ1v) is 6.62. The van der Waals surface area contributed by atoms with Gasteiger partial charge in [0.15, 0.2) is 0 Å². The second-order valence-corrected chi connectivity index (χ2v) is 5.31. The third-order valence-electron chi connectivity index (χ3n) is 3.79. The molecule has 7 heteroatoms. The lowest BCUT2D eigenvalue weighted by molar-refractivity contribution is -0.140. The van der Waals surface area contributed by atoms with Gasteiger partial charge in [-0.1, -0.05) is 6.07 Å².